The van der Waals surface area contributed by atoms with E-state index >= 15 is 0 Å². The van der Waals surface area contributed by atoms with Gasteiger partial charge in [0, 0.05) is 29.8 Å². The standard InChI is InChI=1S/C25H27N9O12S2/c1-25(2,23(40)41)46-32-18(13-10-47-24(26)30-13)21(38)31-19-14(34(22(19)39)48(43,44)45)8-28-17-5-11(3-4-27-17)20(37)29-7-12-6-15(35)16(36)9-33(12)42/h3-6,9-10,14,19,36,42H,7-8H2,1-2H3,(H2,26,30)(H,27,28)(H,29,37)(H,31,38)(H,40,41)(H,43,44,45)/t14-,19-/m0/s1. The van der Waals surface area contributed by atoms with E-state index in [1.54, 1.807) is 0 Å². The molecule has 0 aromatic carbocycles. The van der Waals surface area contributed by atoms with Crippen LogP contribution in [0.5, 0.6) is 5.75 Å². The first-order valence-electron chi connectivity index (χ1n) is 13.3. The number of nitrogens with two attached hydrogens (primary N) is 1. The lowest BCUT2D eigenvalue weighted by Gasteiger charge is -2.44. The molecule has 1 aliphatic rings. The molecule has 0 aliphatic carbocycles. The Hall–Kier alpha value is -5.81. The van der Waals surface area contributed by atoms with Crippen LogP contribution in [-0.2, 0) is 36.1 Å². The third-order valence-corrected chi connectivity index (χ3v) is 8.22. The maximum Gasteiger partial charge on any atom is 0.362 e. The van der Waals surface area contributed by atoms with Gasteiger partial charge >= 0.3 is 16.3 Å². The lowest BCUT2D eigenvalue weighted by Crippen LogP contribution is -2.74. The summed E-state index contributed by atoms with van der Waals surface area (Å²) in [7, 11) is -5.11. The first-order valence-corrected chi connectivity index (χ1v) is 15.6. The molecule has 4 rings (SSSR count). The minimum absolute atomic E-state index is 0.00411. The maximum atomic E-state index is 13.3. The third-order valence-electron chi connectivity index (χ3n) is 6.60. The van der Waals surface area contributed by atoms with Gasteiger partial charge in [0.25, 0.3) is 17.7 Å². The van der Waals surface area contributed by atoms with Crippen LogP contribution in [0, 0.1) is 0 Å². The highest BCUT2D eigenvalue weighted by Gasteiger charge is 2.54. The molecule has 1 fully saturated rings. The average Bonchev–Trinajstić information content (AvgIpc) is 3.43. The summed E-state index contributed by atoms with van der Waals surface area (Å²) in [4.78, 5) is 74.8. The minimum Gasteiger partial charge on any atom is -0.503 e. The number of carbonyl (C=O) groups is 4. The number of thiazole rings is 1. The molecule has 256 valence electrons. The second kappa shape index (κ2) is 13.5. The Balaban J connectivity index is 1.49. The van der Waals surface area contributed by atoms with Crippen LogP contribution in [0.1, 0.15) is 35.6 Å². The zero-order valence-corrected chi connectivity index (χ0v) is 26.4. The normalized spacial score (nSPS) is 16.5. The summed E-state index contributed by atoms with van der Waals surface area (Å²) >= 11 is 0.913. The molecule has 0 bridgehead atoms. The fraction of sp³-hybridized carbons (Fsp3) is 0.280. The smallest absolute Gasteiger partial charge is 0.362 e. The van der Waals surface area contributed by atoms with Crippen LogP contribution in [0.25, 0.3) is 0 Å². The predicted octanol–water partition coefficient (Wildman–Crippen LogP) is -1.65. The van der Waals surface area contributed by atoms with E-state index < -0.39 is 75.1 Å². The Morgan fingerprint density at radius 3 is 2.56 bits per heavy atom. The van der Waals surface area contributed by atoms with Gasteiger partial charge in [-0.2, -0.15) is 13.1 Å². The highest BCUT2D eigenvalue weighted by molar-refractivity contribution is 7.84. The van der Waals surface area contributed by atoms with E-state index in [-0.39, 0.29) is 38.8 Å². The molecule has 4 heterocycles. The number of nitrogens with one attached hydrogen (secondary N) is 3. The highest BCUT2D eigenvalue weighted by Crippen LogP contribution is 2.25. The monoisotopic (exact) mass is 709 g/mol. The summed E-state index contributed by atoms with van der Waals surface area (Å²) < 4.78 is 34.2. The molecule has 2 atom stereocenters. The van der Waals surface area contributed by atoms with Gasteiger partial charge in [-0.1, -0.05) is 5.16 Å². The number of amides is 3. The second-order valence-corrected chi connectivity index (χ2v) is 12.6. The van der Waals surface area contributed by atoms with Crippen LogP contribution in [0.4, 0.5) is 10.9 Å². The molecule has 3 aromatic heterocycles. The minimum atomic E-state index is -5.11. The molecule has 0 unspecified atom stereocenters. The van der Waals surface area contributed by atoms with E-state index in [9.17, 15) is 52.4 Å². The van der Waals surface area contributed by atoms with Crippen molar-refractivity contribution < 1.29 is 52.4 Å². The molecule has 21 nitrogen and oxygen atoms in total. The summed E-state index contributed by atoms with van der Waals surface area (Å²) in [6.45, 7) is 1.54. The van der Waals surface area contributed by atoms with Gasteiger partial charge in [-0.15, -0.1) is 11.3 Å². The van der Waals surface area contributed by atoms with Crippen LogP contribution in [-0.4, -0.2) is 101 Å². The van der Waals surface area contributed by atoms with Crippen LogP contribution < -0.4 is 27.1 Å². The largest absolute Gasteiger partial charge is 0.503 e. The van der Waals surface area contributed by atoms with E-state index in [1.807, 2.05) is 0 Å². The number of hydrogen-bond acceptors (Lipinski definition) is 16. The summed E-state index contributed by atoms with van der Waals surface area (Å²) in [6.07, 6.45) is 1.97. The molecule has 1 saturated heterocycles. The number of carboxylic acids is 1. The number of β-lactam (4-membered cyclic amide) rings is 1. The number of anilines is 2. The zero-order valence-electron chi connectivity index (χ0n) is 24.7. The van der Waals surface area contributed by atoms with E-state index in [4.69, 9.17) is 10.6 Å². The number of carboxylic acid groups (broad SMARTS) is 1. The van der Waals surface area contributed by atoms with E-state index in [0.717, 1.165) is 37.4 Å². The van der Waals surface area contributed by atoms with Crippen molar-refractivity contribution in [2.24, 2.45) is 5.16 Å². The van der Waals surface area contributed by atoms with Gasteiger partial charge in [0.2, 0.25) is 11.0 Å². The highest BCUT2D eigenvalue weighted by atomic mass is 32.2. The first-order chi connectivity index (χ1) is 22.4. The van der Waals surface area contributed by atoms with Crippen molar-refractivity contribution in [1.29, 1.82) is 0 Å². The van der Waals surface area contributed by atoms with Crippen LogP contribution in [0.15, 0.2) is 45.9 Å². The molecule has 1 aliphatic heterocycles. The van der Waals surface area contributed by atoms with Crippen LogP contribution in [0.3, 0.4) is 0 Å². The Morgan fingerprint density at radius 2 is 1.94 bits per heavy atom. The van der Waals surface area contributed by atoms with E-state index in [2.05, 4.69) is 31.1 Å². The summed E-state index contributed by atoms with van der Waals surface area (Å²) in [5, 5.41) is 40.9. The van der Waals surface area contributed by atoms with Crippen molar-refractivity contribution in [3.05, 3.63) is 63.1 Å². The molecule has 0 saturated carbocycles. The van der Waals surface area contributed by atoms with Gasteiger partial charge in [0.15, 0.2) is 16.6 Å². The van der Waals surface area contributed by atoms with Crippen molar-refractivity contribution in [3.63, 3.8) is 0 Å². The second-order valence-electron chi connectivity index (χ2n) is 10.4. The van der Waals surface area contributed by atoms with Crippen molar-refractivity contribution in [2.45, 2.75) is 38.1 Å². The van der Waals surface area contributed by atoms with Crippen molar-refractivity contribution in [1.82, 2.24) is 29.6 Å². The quantitative estimate of drug-likeness (QED) is 0.0324. The van der Waals surface area contributed by atoms with Gasteiger partial charge < -0.3 is 41.9 Å². The molecule has 0 spiro atoms. The molecule has 3 amide bonds. The van der Waals surface area contributed by atoms with Crippen molar-refractivity contribution in [3.8, 4) is 5.75 Å². The number of carbonyl (C=O) groups excluding carboxylic acids is 3. The number of nitrogen functional groups attached to an aromatic ring is 1. The number of oxime groups is 1. The molecule has 9 N–H and O–H groups in total. The average molecular weight is 710 g/mol. The Kier molecular flexibility index (Phi) is 9.86. The fourth-order valence-corrected chi connectivity index (χ4v) is 5.43. The lowest BCUT2D eigenvalue weighted by atomic mass is 9.98. The molecule has 3 aromatic rings. The Bertz CT molecular complexity index is 1980. The third kappa shape index (κ3) is 7.76. The number of aromatic nitrogens is 3. The molecule has 48 heavy (non-hydrogen) atoms. The molecular weight excluding hydrogens is 682 g/mol. The predicted molar refractivity (Wildman–Crippen MR) is 163 cm³/mol. The number of nitrogens with zero attached hydrogens (tertiary/aromatic N) is 5. The van der Waals surface area contributed by atoms with Gasteiger partial charge in [-0.05, 0) is 26.0 Å². The fourth-order valence-electron chi connectivity index (χ4n) is 4.01. The number of aliphatic carboxylic acids is 1. The van der Waals surface area contributed by atoms with Gasteiger partial charge in [0.1, 0.15) is 17.6 Å². The Labute approximate surface area is 273 Å². The maximum absolute atomic E-state index is 13.3. The summed E-state index contributed by atoms with van der Waals surface area (Å²) in [5.74, 6) is -5.16. The van der Waals surface area contributed by atoms with E-state index in [0.29, 0.717) is 4.73 Å². The summed E-state index contributed by atoms with van der Waals surface area (Å²) in [6, 6.07) is 0.445. The number of pyridine rings is 2. The zero-order chi connectivity index (χ0) is 35.6. The van der Waals surface area contributed by atoms with Crippen molar-refractivity contribution in [2.75, 3.05) is 17.6 Å². The number of hydrogen-bond donors (Lipinski definition) is 8. The topological polar surface area (TPSA) is 318 Å². The SMILES string of the molecule is CC(C)(ON=C(C(=O)N[C@@H]1C(=O)N(S(=O)(=O)O)[C@H]1CNc1cc(C(=O)NCc2cc(=O)c(O)cn2O)ccn1)c1csc(N)n1)C(=O)O. The van der Waals surface area contributed by atoms with Gasteiger partial charge in [0.05, 0.1) is 24.5 Å². The van der Waals surface area contributed by atoms with Crippen molar-refractivity contribution >= 4 is 62.0 Å². The van der Waals surface area contributed by atoms with Gasteiger partial charge in [-0.3, -0.25) is 23.7 Å². The molecule has 0 radical (unpaired) electrons. The van der Waals surface area contributed by atoms with Crippen LogP contribution >= 0.6 is 11.3 Å². The number of aromatic hydroxyl groups is 1. The first kappa shape index (κ1) is 35.1. The Morgan fingerprint density at radius 1 is 1.23 bits per heavy atom. The molecular formula is C25H27N9O12S2. The number of rotatable bonds is 13. The van der Waals surface area contributed by atoms with Crippen LogP contribution in [0.2, 0.25) is 0 Å². The van der Waals surface area contributed by atoms with E-state index in [1.165, 1.54) is 23.7 Å². The molecule has 23 heteroatoms. The van der Waals surface area contributed by atoms with Gasteiger partial charge in [-0.25, -0.2) is 19.1 Å². The summed E-state index contributed by atoms with van der Waals surface area (Å²) in [5.41, 5.74) is 2.21. The lowest BCUT2D eigenvalue weighted by molar-refractivity contribution is -0.161.